The second-order valence-corrected chi connectivity index (χ2v) is 8.50. The fraction of sp³-hybridized carbons (Fsp3) is 0.107. The molecule has 160 valence electrons. The monoisotopic (exact) mass is 440 g/mol. The number of hydrogen-bond acceptors (Lipinski definition) is 3. The number of carbonyl (C=O) groups is 1. The van der Waals surface area contributed by atoms with E-state index in [9.17, 15) is 9.90 Å². The van der Waals surface area contributed by atoms with Crippen molar-refractivity contribution < 1.29 is 14.6 Å². The van der Waals surface area contributed by atoms with Gasteiger partial charge in [-0.05, 0) is 34.4 Å². The number of ether oxygens (including phenoxy) is 1. The van der Waals surface area contributed by atoms with Crippen LogP contribution in [0, 0.1) is 0 Å². The van der Waals surface area contributed by atoms with Gasteiger partial charge >= 0.3 is 5.97 Å². The molecule has 0 aliphatic carbocycles. The van der Waals surface area contributed by atoms with Crippen LogP contribution in [0.15, 0.2) is 115 Å². The third-order valence-corrected chi connectivity index (χ3v) is 6.43. The fourth-order valence-corrected chi connectivity index (χ4v) is 4.55. The van der Waals surface area contributed by atoms with Gasteiger partial charge in [-0.25, -0.2) is 0 Å². The molecular formula is C28H24O3S. The lowest BCUT2D eigenvalue weighted by Gasteiger charge is -2.20. The first kappa shape index (κ1) is 21.7. The molecule has 0 fully saturated rings. The van der Waals surface area contributed by atoms with Gasteiger partial charge in [-0.1, -0.05) is 103 Å². The number of carboxylic acids is 1. The van der Waals surface area contributed by atoms with Crippen LogP contribution in [-0.4, -0.2) is 11.1 Å². The summed E-state index contributed by atoms with van der Waals surface area (Å²) >= 11 is 1.41. The van der Waals surface area contributed by atoms with Crippen molar-refractivity contribution in [3.8, 4) is 5.75 Å². The van der Waals surface area contributed by atoms with Crippen molar-refractivity contribution in [1.29, 1.82) is 0 Å². The van der Waals surface area contributed by atoms with Gasteiger partial charge in [0, 0.05) is 5.75 Å². The van der Waals surface area contributed by atoms with E-state index in [4.69, 9.17) is 4.74 Å². The van der Waals surface area contributed by atoms with Crippen molar-refractivity contribution in [2.24, 2.45) is 0 Å². The minimum Gasteiger partial charge on any atom is -0.481 e. The SMILES string of the molecule is O=C(O)[C@H](SCc1ccc(OC(c2ccccc2)c2ccccc2)cc1)c1ccccc1. The standard InChI is InChI=1S/C28H24O3S/c29-28(30)27(24-14-8-3-9-15-24)32-20-21-16-18-25(19-17-21)31-26(22-10-4-1-5-11-22)23-12-6-2-7-13-23/h1-19,26-27H,20H2,(H,29,30)/t27-/m1/s1. The van der Waals surface area contributed by atoms with Gasteiger partial charge in [0.25, 0.3) is 0 Å². The van der Waals surface area contributed by atoms with Gasteiger partial charge in [-0.3, -0.25) is 4.79 Å². The van der Waals surface area contributed by atoms with E-state index in [0.717, 1.165) is 28.0 Å². The maximum Gasteiger partial charge on any atom is 0.321 e. The Hall–Kier alpha value is -3.50. The summed E-state index contributed by atoms with van der Waals surface area (Å²) < 4.78 is 6.37. The molecule has 1 atom stereocenters. The van der Waals surface area contributed by atoms with Crippen molar-refractivity contribution in [2.45, 2.75) is 17.1 Å². The molecule has 4 heteroatoms. The van der Waals surface area contributed by atoms with Gasteiger partial charge in [0.2, 0.25) is 0 Å². The van der Waals surface area contributed by atoms with E-state index < -0.39 is 11.2 Å². The normalized spacial score (nSPS) is 11.8. The summed E-state index contributed by atoms with van der Waals surface area (Å²) in [6.07, 6.45) is -0.202. The molecule has 0 saturated heterocycles. The number of benzene rings is 4. The molecule has 0 spiro atoms. The minimum atomic E-state index is -0.824. The Morgan fingerprint density at radius 1 is 0.688 bits per heavy atom. The van der Waals surface area contributed by atoms with E-state index in [1.54, 1.807) is 0 Å². The zero-order chi connectivity index (χ0) is 22.2. The predicted molar refractivity (Wildman–Crippen MR) is 130 cm³/mol. The first-order chi connectivity index (χ1) is 15.7. The van der Waals surface area contributed by atoms with Gasteiger partial charge < -0.3 is 9.84 Å². The molecule has 4 aromatic carbocycles. The summed E-state index contributed by atoms with van der Waals surface area (Å²) in [6, 6.07) is 37.6. The van der Waals surface area contributed by atoms with Crippen LogP contribution in [0.2, 0.25) is 0 Å². The minimum absolute atomic E-state index is 0.202. The first-order valence-electron chi connectivity index (χ1n) is 10.5. The topological polar surface area (TPSA) is 46.5 Å². The largest absolute Gasteiger partial charge is 0.481 e. The van der Waals surface area contributed by atoms with Crippen LogP contribution in [0.4, 0.5) is 0 Å². The molecule has 4 aromatic rings. The molecule has 1 N–H and O–H groups in total. The highest BCUT2D eigenvalue weighted by molar-refractivity contribution is 7.99. The molecule has 0 aliphatic heterocycles. The summed E-state index contributed by atoms with van der Waals surface area (Å²) in [4.78, 5) is 11.7. The zero-order valence-corrected chi connectivity index (χ0v) is 18.3. The van der Waals surface area contributed by atoms with Gasteiger partial charge in [-0.2, -0.15) is 0 Å². The van der Waals surface area contributed by atoms with Crippen molar-refractivity contribution in [2.75, 3.05) is 0 Å². The lowest BCUT2D eigenvalue weighted by molar-refractivity contribution is -0.136. The van der Waals surface area contributed by atoms with E-state index in [1.165, 1.54) is 11.8 Å². The highest BCUT2D eigenvalue weighted by Gasteiger charge is 2.20. The number of hydrogen-bond donors (Lipinski definition) is 1. The van der Waals surface area contributed by atoms with Gasteiger partial charge in [0.15, 0.2) is 0 Å². The van der Waals surface area contributed by atoms with Crippen LogP contribution in [0.25, 0.3) is 0 Å². The summed E-state index contributed by atoms with van der Waals surface area (Å²) in [5.41, 5.74) is 4.04. The smallest absolute Gasteiger partial charge is 0.321 e. The van der Waals surface area contributed by atoms with Crippen LogP contribution < -0.4 is 4.74 Å². The Labute approximate surface area is 192 Å². The number of carboxylic acid groups (broad SMARTS) is 1. The summed E-state index contributed by atoms with van der Waals surface area (Å²) in [7, 11) is 0. The molecule has 0 radical (unpaired) electrons. The molecule has 0 bridgehead atoms. The Balaban J connectivity index is 1.46. The van der Waals surface area contributed by atoms with Crippen molar-refractivity contribution in [3.05, 3.63) is 138 Å². The van der Waals surface area contributed by atoms with Crippen LogP contribution in [0.3, 0.4) is 0 Å². The summed E-state index contributed by atoms with van der Waals surface area (Å²) in [5.74, 6) is 0.552. The summed E-state index contributed by atoms with van der Waals surface area (Å²) in [6.45, 7) is 0. The van der Waals surface area contributed by atoms with Crippen molar-refractivity contribution in [1.82, 2.24) is 0 Å². The van der Waals surface area contributed by atoms with Crippen LogP contribution >= 0.6 is 11.8 Å². The average molecular weight is 441 g/mol. The molecule has 32 heavy (non-hydrogen) atoms. The number of rotatable bonds is 9. The lowest BCUT2D eigenvalue weighted by Crippen LogP contribution is -2.09. The zero-order valence-electron chi connectivity index (χ0n) is 17.5. The van der Waals surface area contributed by atoms with E-state index in [0.29, 0.717) is 5.75 Å². The van der Waals surface area contributed by atoms with Crippen LogP contribution in [0.5, 0.6) is 5.75 Å². The number of thioether (sulfide) groups is 1. The van der Waals surface area contributed by atoms with Crippen molar-refractivity contribution >= 4 is 17.7 Å². The Bertz CT molecular complexity index is 1070. The molecule has 0 heterocycles. The third-order valence-electron chi connectivity index (χ3n) is 5.13. The summed E-state index contributed by atoms with van der Waals surface area (Å²) in [5, 5.41) is 9.03. The van der Waals surface area contributed by atoms with Crippen LogP contribution in [0.1, 0.15) is 33.6 Å². The Morgan fingerprint density at radius 2 is 1.16 bits per heavy atom. The van der Waals surface area contributed by atoms with E-state index in [2.05, 4.69) is 24.3 Å². The molecule has 0 aliphatic rings. The van der Waals surface area contributed by atoms with E-state index in [-0.39, 0.29) is 6.10 Å². The molecule has 0 amide bonds. The van der Waals surface area contributed by atoms with E-state index in [1.807, 2.05) is 91.0 Å². The second kappa shape index (κ2) is 10.7. The Morgan fingerprint density at radius 3 is 1.62 bits per heavy atom. The molecular weight excluding hydrogens is 416 g/mol. The highest BCUT2D eigenvalue weighted by Crippen LogP contribution is 2.33. The molecule has 4 rings (SSSR count). The quantitative estimate of drug-likeness (QED) is 0.307. The maximum absolute atomic E-state index is 11.7. The van der Waals surface area contributed by atoms with Crippen molar-refractivity contribution in [3.63, 3.8) is 0 Å². The lowest BCUT2D eigenvalue weighted by atomic mass is 10.0. The fourth-order valence-electron chi connectivity index (χ4n) is 3.50. The molecule has 3 nitrogen and oxygen atoms in total. The predicted octanol–water partition coefficient (Wildman–Crippen LogP) is 6.91. The first-order valence-corrected chi connectivity index (χ1v) is 11.5. The molecule has 0 aromatic heterocycles. The molecule has 0 saturated carbocycles. The second-order valence-electron chi connectivity index (χ2n) is 7.40. The Kier molecular flexibility index (Phi) is 7.26. The maximum atomic E-state index is 11.7. The number of aliphatic carboxylic acids is 1. The molecule has 0 unspecified atom stereocenters. The van der Waals surface area contributed by atoms with Gasteiger partial charge in [0.05, 0.1) is 0 Å². The average Bonchev–Trinajstić information content (AvgIpc) is 2.85. The van der Waals surface area contributed by atoms with E-state index >= 15 is 0 Å². The third kappa shape index (κ3) is 5.59. The van der Waals surface area contributed by atoms with Gasteiger partial charge in [-0.15, -0.1) is 11.8 Å². The highest BCUT2D eigenvalue weighted by atomic mass is 32.2. The van der Waals surface area contributed by atoms with Crippen LogP contribution in [-0.2, 0) is 10.5 Å². The van der Waals surface area contributed by atoms with Gasteiger partial charge in [0.1, 0.15) is 17.1 Å².